The van der Waals surface area contributed by atoms with Crippen LogP contribution in [0.5, 0.6) is 0 Å². The fourth-order valence-electron chi connectivity index (χ4n) is 1.70. The molecule has 0 fully saturated rings. The summed E-state index contributed by atoms with van der Waals surface area (Å²) in [4.78, 5) is 15.9. The largest absolute Gasteiger partial charge is 0.465 e. The van der Waals surface area contributed by atoms with Crippen LogP contribution in [0.1, 0.15) is 24.8 Å². The van der Waals surface area contributed by atoms with Crippen molar-refractivity contribution in [1.82, 2.24) is 4.98 Å². The third-order valence-corrected chi connectivity index (χ3v) is 2.69. The molecule has 0 saturated carbocycles. The lowest BCUT2D eigenvalue weighted by Crippen LogP contribution is -2.09. The highest BCUT2D eigenvalue weighted by molar-refractivity contribution is 5.72. The van der Waals surface area contributed by atoms with E-state index in [1.165, 1.54) is 0 Å². The quantitative estimate of drug-likeness (QED) is 0.774. The van der Waals surface area contributed by atoms with Crippen molar-refractivity contribution in [2.24, 2.45) is 0 Å². The van der Waals surface area contributed by atoms with E-state index in [1.807, 2.05) is 44.2 Å². The fraction of sp³-hybridized carbons (Fsp3) is 0.333. The van der Waals surface area contributed by atoms with E-state index < -0.39 is 0 Å². The Morgan fingerprint density at radius 2 is 2.05 bits per heavy atom. The van der Waals surface area contributed by atoms with Crippen molar-refractivity contribution in [3.63, 3.8) is 0 Å². The summed E-state index contributed by atoms with van der Waals surface area (Å²) in [5.41, 5.74) is 1.54. The summed E-state index contributed by atoms with van der Waals surface area (Å²) in [5, 5.41) is 0. The molecule has 0 unspecified atom stereocenters. The van der Waals surface area contributed by atoms with Gasteiger partial charge in [-0.3, -0.25) is 4.79 Å². The predicted octanol–water partition coefficient (Wildman–Crippen LogP) is 3.15. The normalized spacial score (nSPS) is 10.4. The molecule has 0 atom stereocenters. The minimum Gasteiger partial charge on any atom is -0.465 e. The summed E-state index contributed by atoms with van der Waals surface area (Å²) in [7, 11) is 0. The molecule has 1 aromatic heterocycles. The molecule has 0 spiro atoms. The van der Waals surface area contributed by atoms with E-state index in [0.717, 1.165) is 12.0 Å². The first kappa shape index (κ1) is 13.3. The van der Waals surface area contributed by atoms with Gasteiger partial charge in [0.25, 0.3) is 0 Å². The molecular formula is C15H17NO3. The van der Waals surface area contributed by atoms with Crippen molar-refractivity contribution in [3.8, 4) is 11.5 Å². The van der Waals surface area contributed by atoms with Gasteiger partial charge in [-0.05, 0) is 25.5 Å². The zero-order valence-corrected chi connectivity index (χ0v) is 11.2. The number of aromatic nitrogens is 1. The summed E-state index contributed by atoms with van der Waals surface area (Å²) in [6, 6.07) is 9.62. The number of ether oxygens (including phenoxy) is 1. The molecule has 0 amide bonds. The summed E-state index contributed by atoms with van der Waals surface area (Å²) < 4.78 is 10.6. The molecule has 0 bridgehead atoms. The Morgan fingerprint density at radius 1 is 1.32 bits per heavy atom. The third-order valence-electron chi connectivity index (χ3n) is 2.69. The van der Waals surface area contributed by atoms with Crippen LogP contribution in [0.3, 0.4) is 0 Å². The number of carbonyl (C=O) groups is 1. The second kappa shape index (κ2) is 6.18. The summed E-state index contributed by atoms with van der Waals surface area (Å²) in [6.07, 6.45) is 0.973. The van der Waals surface area contributed by atoms with E-state index in [2.05, 4.69) is 4.98 Å². The summed E-state index contributed by atoms with van der Waals surface area (Å²) in [5.74, 6) is 0.932. The highest BCUT2D eigenvalue weighted by Gasteiger charge is 2.15. The van der Waals surface area contributed by atoms with Crippen LogP contribution in [0.4, 0.5) is 0 Å². The fourth-order valence-corrected chi connectivity index (χ4v) is 1.70. The number of oxazole rings is 1. The van der Waals surface area contributed by atoms with Crippen LogP contribution in [0.25, 0.3) is 11.5 Å². The molecule has 4 nitrogen and oxygen atoms in total. The van der Waals surface area contributed by atoms with Crippen molar-refractivity contribution in [3.05, 3.63) is 41.8 Å². The van der Waals surface area contributed by atoms with E-state index in [4.69, 9.17) is 9.15 Å². The highest BCUT2D eigenvalue weighted by Crippen LogP contribution is 2.21. The number of rotatable bonds is 5. The van der Waals surface area contributed by atoms with E-state index in [1.54, 1.807) is 0 Å². The topological polar surface area (TPSA) is 52.3 Å². The SMILES string of the molecule is CCCOC(=O)Cc1nc(-c2ccccc2)oc1C. The molecular weight excluding hydrogens is 242 g/mol. The van der Waals surface area contributed by atoms with Crippen LogP contribution in [0.2, 0.25) is 0 Å². The van der Waals surface area contributed by atoms with Gasteiger partial charge in [-0.25, -0.2) is 4.98 Å². The molecule has 4 heteroatoms. The second-order valence-electron chi connectivity index (χ2n) is 4.29. The third kappa shape index (κ3) is 3.44. The number of nitrogens with zero attached hydrogens (tertiary/aromatic N) is 1. The first-order chi connectivity index (χ1) is 9.20. The Balaban J connectivity index is 2.11. The van der Waals surface area contributed by atoms with Crippen LogP contribution >= 0.6 is 0 Å². The summed E-state index contributed by atoms with van der Waals surface area (Å²) in [6.45, 7) is 4.21. The van der Waals surface area contributed by atoms with E-state index in [0.29, 0.717) is 24.0 Å². The first-order valence-corrected chi connectivity index (χ1v) is 6.38. The number of hydrogen-bond donors (Lipinski definition) is 0. The monoisotopic (exact) mass is 259 g/mol. The average molecular weight is 259 g/mol. The van der Waals surface area contributed by atoms with Crippen molar-refractivity contribution >= 4 is 5.97 Å². The molecule has 19 heavy (non-hydrogen) atoms. The van der Waals surface area contributed by atoms with Gasteiger partial charge in [0.1, 0.15) is 5.76 Å². The zero-order valence-electron chi connectivity index (χ0n) is 11.2. The number of hydrogen-bond acceptors (Lipinski definition) is 4. The lowest BCUT2D eigenvalue weighted by molar-refractivity contribution is -0.142. The maximum absolute atomic E-state index is 11.6. The van der Waals surface area contributed by atoms with Gasteiger partial charge in [0.2, 0.25) is 5.89 Å². The van der Waals surface area contributed by atoms with Crippen molar-refractivity contribution in [1.29, 1.82) is 0 Å². The zero-order chi connectivity index (χ0) is 13.7. The lowest BCUT2D eigenvalue weighted by atomic mass is 10.2. The molecule has 0 saturated heterocycles. The molecule has 100 valence electrons. The smallest absolute Gasteiger partial charge is 0.312 e. The van der Waals surface area contributed by atoms with Gasteiger partial charge < -0.3 is 9.15 Å². The minimum atomic E-state index is -0.266. The number of esters is 1. The second-order valence-corrected chi connectivity index (χ2v) is 4.29. The van der Waals surface area contributed by atoms with Gasteiger partial charge in [0.15, 0.2) is 0 Å². The van der Waals surface area contributed by atoms with Crippen molar-refractivity contribution in [2.75, 3.05) is 6.61 Å². The maximum Gasteiger partial charge on any atom is 0.312 e. The average Bonchev–Trinajstić information content (AvgIpc) is 2.79. The van der Waals surface area contributed by atoms with Gasteiger partial charge in [-0.2, -0.15) is 0 Å². The molecule has 2 rings (SSSR count). The van der Waals surface area contributed by atoms with Crippen LogP contribution in [0.15, 0.2) is 34.7 Å². The van der Waals surface area contributed by atoms with Crippen molar-refractivity contribution < 1.29 is 13.9 Å². The van der Waals surface area contributed by atoms with Crippen molar-refractivity contribution in [2.45, 2.75) is 26.7 Å². The number of carbonyl (C=O) groups excluding carboxylic acids is 1. The van der Waals surface area contributed by atoms with E-state index in [9.17, 15) is 4.79 Å². The lowest BCUT2D eigenvalue weighted by Gasteiger charge is -2.00. The van der Waals surface area contributed by atoms with Gasteiger partial charge in [-0.1, -0.05) is 25.1 Å². The number of benzene rings is 1. The standard InChI is InChI=1S/C15H17NO3/c1-3-9-18-14(17)10-13-11(2)19-15(16-13)12-7-5-4-6-8-12/h4-8H,3,9-10H2,1-2H3. The molecule has 1 aromatic carbocycles. The maximum atomic E-state index is 11.6. The highest BCUT2D eigenvalue weighted by atomic mass is 16.5. The van der Waals surface area contributed by atoms with E-state index >= 15 is 0 Å². The predicted molar refractivity (Wildman–Crippen MR) is 71.6 cm³/mol. The van der Waals surface area contributed by atoms with Gasteiger partial charge >= 0.3 is 5.97 Å². The van der Waals surface area contributed by atoms with E-state index in [-0.39, 0.29) is 12.4 Å². The Bertz CT molecular complexity index is 546. The summed E-state index contributed by atoms with van der Waals surface area (Å²) >= 11 is 0. The Labute approximate surface area is 112 Å². The molecule has 0 N–H and O–H groups in total. The van der Waals surface area contributed by atoms with Gasteiger partial charge in [0.05, 0.1) is 18.7 Å². The molecule has 0 radical (unpaired) electrons. The minimum absolute atomic E-state index is 0.155. The first-order valence-electron chi connectivity index (χ1n) is 6.38. The molecule has 2 aromatic rings. The van der Waals surface area contributed by atoms with Gasteiger partial charge in [0, 0.05) is 5.56 Å². The Kier molecular flexibility index (Phi) is 4.34. The van der Waals surface area contributed by atoms with Gasteiger partial charge in [-0.15, -0.1) is 0 Å². The molecule has 0 aliphatic carbocycles. The molecule has 0 aliphatic rings. The van der Waals surface area contributed by atoms with Crippen LogP contribution < -0.4 is 0 Å². The van der Waals surface area contributed by atoms with Crippen LogP contribution in [-0.4, -0.2) is 17.6 Å². The van der Waals surface area contributed by atoms with Crippen LogP contribution in [0, 0.1) is 6.92 Å². The number of aryl methyl sites for hydroxylation is 1. The molecule has 0 aliphatic heterocycles. The van der Waals surface area contributed by atoms with Crippen LogP contribution in [-0.2, 0) is 16.0 Å². The Morgan fingerprint density at radius 3 is 2.74 bits per heavy atom. The molecule has 1 heterocycles. The Hall–Kier alpha value is -2.10.